The van der Waals surface area contributed by atoms with Gasteiger partial charge in [0.15, 0.2) is 0 Å². The molecule has 0 spiro atoms. The smallest absolute Gasteiger partial charge is 0.419 e. The van der Waals surface area contributed by atoms with Gasteiger partial charge in [0.1, 0.15) is 53.6 Å². The number of hydrogen-bond donors (Lipinski definition) is 5. The number of unbranched alkanes of at least 4 members (excludes halogenated alkanes) is 3. The molecule has 9 atom stereocenters. The summed E-state index contributed by atoms with van der Waals surface area (Å²) in [6, 6.07) is -0.562. The minimum atomic E-state index is -4.85. The van der Waals surface area contributed by atoms with E-state index in [9.17, 15) is 51.5 Å². The van der Waals surface area contributed by atoms with Crippen molar-refractivity contribution in [3.63, 3.8) is 0 Å². The van der Waals surface area contributed by atoms with E-state index in [4.69, 9.17) is 9.47 Å². The van der Waals surface area contributed by atoms with Gasteiger partial charge in [-0.2, -0.15) is 13.2 Å². The van der Waals surface area contributed by atoms with Crippen molar-refractivity contribution in [3.05, 3.63) is 89.8 Å². The van der Waals surface area contributed by atoms with Gasteiger partial charge in [-0.05, 0) is 113 Å². The van der Waals surface area contributed by atoms with Gasteiger partial charge in [0.25, 0.3) is 0 Å². The highest BCUT2D eigenvalue weighted by molar-refractivity contribution is 6.00. The number of benzene rings is 1. The van der Waals surface area contributed by atoms with Crippen LogP contribution in [0.2, 0.25) is 0 Å². The van der Waals surface area contributed by atoms with Gasteiger partial charge in [0, 0.05) is 102 Å². The number of amides is 12. The van der Waals surface area contributed by atoms with E-state index in [1.807, 2.05) is 62.4 Å². The first-order chi connectivity index (χ1) is 50.3. The molecule has 2 aliphatic carbocycles. The number of likely N-dealkylation sites (tertiary alicyclic amines) is 1. The maximum absolute atomic E-state index is 15.3. The van der Waals surface area contributed by atoms with Crippen LogP contribution < -0.4 is 26.6 Å². The maximum Gasteiger partial charge on any atom is 0.419 e. The van der Waals surface area contributed by atoms with Crippen LogP contribution in [-0.4, -0.2) is 255 Å². The third-order valence-electron chi connectivity index (χ3n) is 21.2. The lowest BCUT2D eigenvalue weighted by atomic mass is 9.74. The molecule has 3 unspecified atom stereocenters. The average Bonchev–Trinajstić information content (AvgIpc) is 1.49. The van der Waals surface area contributed by atoms with Crippen molar-refractivity contribution < 1.29 is 80.2 Å². The topological polar surface area (TPSA) is 306 Å². The Morgan fingerprint density at radius 1 is 0.802 bits per heavy atom. The van der Waals surface area contributed by atoms with Gasteiger partial charge in [0.2, 0.25) is 70.9 Å². The van der Waals surface area contributed by atoms with Gasteiger partial charge in [-0.25, -0.2) is 0 Å². The van der Waals surface area contributed by atoms with E-state index in [1.165, 1.54) is 84.7 Å². The summed E-state index contributed by atoms with van der Waals surface area (Å²) in [6.45, 7) is 9.75. The molecule has 2 saturated carbocycles. The quantitative estimate of drug-likeness (QED) is 0.0223. The van der Waals surface area contributed by atoms with E-state index in [2.05, 4.69) is 33.2 Å². The molecule has 0 radical (unpaired) electrons. The zero-order valence-corrected chi connectivity index (χ0v) is 64.3. The first kappa shape index (κ1) is 87.7. The first-order valence-corrected chi connectivity index (χ1v) is 37.1. The molecule has 29 heteroatoms. The van der Waals surface area contributed by atoms with Crippen molar-refractivity contribution in [2.24, 2.45) is 11.8 Å². The van der Waals surface area contributed by atoms with Crippen molar-refractivity contribution in [3.8, 4) is 0 Å². The second-order valence-corrected chi connectivity index (χ2v) is 28.3. The number of likely N-dealkylation sites (N-methyl/N-ethyl adjacent to an activating group) is 6. The minimum absolute atomic E-state index is 0.0201. The summed E-state index contributed by atoms with van der Waals surface area (Å²) in [5, 5.41) is 13.7. The molecule has 1 aromatic rings. The van der Waals surface area contributed by atoms with Gasteiger partial charge in [-0.15, -0.1) is 0 Å². The first-order valence-electron chi connectivity index (χ1n) is 37.1. The van der Waals surface area contributed by atoms with Crippen molar-refractivity contribution in [2.45, 2.75) is 216 Å². The number of rotatable bonds is 38. The summed E-state index contributed by atoms with van der Waals surface area (Å²) in [5.74, 6) is -7.38. The van der Waals surface area contributed by atoms with Gasteiger partial charge >= 0.3 is 6.18 Å². The maximum atomic E-state index is 15.3. The van der Waals surface area contributed by atoms with Crippen LogP contribution in [0.3, 0.4) is 0 Å². The Balaban J connectivity index is 1.42. The number of hydrogen-bond acceptors (Lipinski definition) is 14. The summed E-state index contributed by atoms with van der Waals surface area (Å²) in [7, 11) is 12.7. The minimum Gasteiger partial charge on any atom is -0.496 e. The molecular weight excluding hydrogens is 1370 g/mol. The van der Waals surface area contributed by atoms with Crippen molar-refractivity contribution in [2.75, 3.05) is 89.7 Å². The van der Waals surface area contributed by atoms with Gasteiger partial charge < -0.3 is 70.4 Å². The Labute approximate surface area is 623 Å². The van der Waals surface area contributed by atoms with Gasteiger partial charge in [0.05, 0.1) is 31.8 Å². The second kappa shape index (κ2) is 41.9. The molecule has 12 amide bonds. The van der Waals surface area contributed by atoms with E-state index in [-0.39, 0.29) is 94.0 Å². The Bertz CT molecular complexity index is 3370. The second-order valence-electron chi connectivity index (χ2n) is 28.3. The molecule has 588 valence electrons. The molecule has 106 heavy (non-hydrogen) atoms. The number of ether oxygens (including phenoxy) is 2. The number of nitrogens with one attached hydrogen (secondary N) is 5. The Morgan fingerprint density at radius 2 is 1.48 bits per heavy atom. The molecule has 2 aliphatic heterocycles. The Morgan fingerprint density at radius 3 is 2.06 bits per heavy atom. The standard InChI is InChI=1S/C77H115F3N12O14/c1-15-50(4)66(69(98)82-7)84-63(94)37-24-20-18-19-22-31-52-38-40-53(41-39-52)45-61(91-44-29-21-23-35-58(73(91)102)88(10)51(5)93)72(101)87(9)49-65(96)83-57(34-27-28-36-62(106-14)56(16-2)77(78,79)80)70(99)92-48-55(105-13)46-59(92)68(97)85-76(42-30-43-76)75(104)90(12)67(54-32-25-26-33-54)74(103)89(11)60(47-64(95)81-6)71(100)86(8)17-3/h16,21-23,28,31,36,38-41,50,54-55,57-61,66-67H,2,15,17-20,24-27,29-30,32-35,37,42-49H2,1,3-14H3,(H,81,95)(H,82,98)(H,83,96)(H,84,94)(H,85,97)/b23-21-,31-22+,36-28+,62-56-/t50?,55-,57+,58+,59+,60+,61?,66?,67+/m1/s1. The zero-order valence-electron chi connectivity index (χ0n) is 64.3. The number of carbonyl (C=O) groups excluding carboxylic acids is 12. The zero-order chi connectivity index (χ0) is 78.8. The van der Waals surface area contributed by atoms with Crippen LogP contribution in [0, 0.1) is 11.8 Å². The predicted octanol–water partition coefficient (Wildman–Crippen LogP) is 5.91. The summed E-state index contributed by atoms with van der Waals surface area (Å²) < 4.78 is 53.1. The highest BCUT2D eigenvalue weighted by Gasteiger charge is 2.53. The van der Waals surface area contributed by atoms with E-state index in [0.29, 0.717) is 56.7 Å². The number of allylic oxidation sites excluding steroid dienone is 5. The molecule has 4 aliphatic rings. The Kier molecular flexibility index (Phi) is 34.7. The Hall–Kier alpha value is -8.89. The van der Waals surface area contributed by atoms with Gasteiger partial charge in [-0.1, -0.05) is 107 Å². The van der Waals surface area contributed by atoms with Crippen molar-refractivity contribution >= 4 is 77.0 Å². The predicted molar refractivity (Wildman–Crippen MR) is 395 cm³/mol. The summed E-state index contributed by atoms with van der Waals surface area (Å²) in [6.07, 6.45) is 12.2. The van der Waals surface area contributed by atoms with Crippen molar-refractivity contribution in [1.82, 2.24) is 60.9 Å². The lowest BCUT2D eigenvalue weighted by Crippen LogP contribution is -2.68. The van der Waals surface area contributed by atoms with Crippen molar-refractivity contribution in [1.29, 1.82) is 0 Å². The highest BCUT2D eigenvalue weighted by Crippen LogP contribution is 2.39. The SMILES string of the molecule is C=C/C(=C(\C=C\CC[C@H](NC(=O)CN(C)C(=O)C(Cc1ccc(/C=C/CCCCCC(=O)NC(C(=O)NC)C(C)CC)cc1)N1CC/C=C\C[C@H](N(C)C(C)=O)C1=O)C(=O)N1C[C@H](OC)C[C@H]1C(=O)NC1(C(=O)N(C)[C@H](C(=O)N(C)[C@@H](CC(=O)NC)C(=O)N(C)CC)C2CCCC2)CCC1)OC)C(F)(F)F. The fourth-order valence-corrected chi connectivity index (χ4v) is 14.1. The molecule has 5 rings (SSSR count). The third-order valence-corrected chi connectivity index (χ3v) is 21.2. The fourth-order valence-electron chi connectivity index (χ4n) is 14.1. The molecule has 0 aromatic heterocycles. The lowest BCUT2D eigenvalue weighted by Gasteiger charge is -2.46. The molecule has 1 aromatic carbocycles. The highest BCUT2D eigenvalue weighted by atomic mass is 19.4. The van der Waals surface area contributed by atoms with Gasteiger partial charge in [-0.3, -0.25) is 57.5 Å². The van der Waals surface area contributed by atoms with E-state index in [1.54, 1.807) is 21.0 Å². The average molecular weight is 1490 g/mol. The van der Waals surface area contributed by atoms with Crippen LogP contribution in [0.25, 0.3) is 6.08 Å². The molecule has 2 heterocycles. The van der Waals surface area contributed by atoms with Crippen LogP contribution in [-0.2, 0) is 73.4 Å². The molecule has 0 bridgehead atoms. The number of carbonyl (C=O) groups is 12. The van der Waals surface area contributed by atoms with Crippen LogP contribution in [0.5, 0.6) is 0 Å². The summed E-state index contributed by atoms with van der Waals surface area (Å²) >= 11 is 0. The van der Waals surface area contributed by atoms with E-state index in [0.717, 1.165) is 62.2 Å². The summed E-state index contributed by atoms with van der Waals surface area (Å²) in [4.78, 5) is 179. The molecule has 5 N–H and O–H groups in total. The molecule has 3 fully saturated rings. The van der Waals surface area contributed by atoms with Crippen LogP contribution in [0.1, 0.15) is 161 Å². The van der Waals surface area contributed by atoms with Crippen LogP contribution >= 0.6 is 0 Å². The number of halogens is 3. The third kappa shape index (κ3) is 23.8. The number of methoxy groups -OCH3 is 2. The van der Waals surface area contributed by atoms with E-state index < -0.39 is 131 Å². The molecule has 1 saturated heterocycles. The van der Waals surface area contributed by atoms with Crippen LogP contribution in [0.4, 0.5) is 13.2 Å². The normalized spacial score (nSPS) is 19.7. The van der Waals surface area contributed by atoms with E-state index >= 15 is 19.2 Å². The number of alkyl halides is 3. The monoisotopic (exact) mass is 1490 g/mol. The molecular formula is C77H115F3N12O14. The molecule has 26 nitrogen and oxygen atoms in total. The fraction of sp³-hybridized carbons (Fsp3) is 0.636. The van der Waals surface area contributed by atoms with Crippen LogP contribution in [0.15, 0.2) is 78.6 Å². The largest absolute Gasteiger partial charge is 0.496 e. The summed E-state index contributed by atoms with van der Waals surface area (Å²) in [5.41, 5.74) is -1.22. The lowest BCUT2D eigenvalue weighted by molar-refractivity contribution is -0.157. The number of nitrogens with zero attached hydrogens (tertiary/aromatic N) is 7.